The number of pyridine rings is 1. The van der Waals surface area contributed by atoms with Gasteiger partial charge in [-0.25, -0.2) is 17.7 Å². The van der Waals surface area contributed by atoms with Gasteiger partial charge in [0.1, 0.15) is 10.8 Å². The average Bonchev–Trinajstić information content (AvgIpc) is 2.68. The highest BCUT2D eigenvalue weighted by Crippen LogP contribution is 2.27. The van der Waals surface area contributed by atoms with Crippen LogP contribution < -0.4 is 4.31 Å². The molecule has 5 nitrogen and oxygen atoms in total. The molecule has 1 aromatic carbocycles. The number of aromatic nitrogens is 1. The van der Waals surface area contributed by atoms with Gasteiger partial charge in [-0.15, -0.1) is 0 Å². The van der Waals surface area contributed by atoms with Crippen molar-refractivity contribution >= 4 is 33.5 Å². The van der Waals surface area contributed by atoms with E-state index in [4.69, 9.17) is 11.6 Å². The maximum Gasteiger partial charge on any atom is 0.236 e. The van der Waals surface area contributed by atoms with E-state index in [0.717, 1.165) is 11.8 Å². The Morgan fingerprint density at radius 3 is 2.57 bits per heavy atom. The van der Waals surface area contributed by atoms with Gasteiger partial charge in [-0.05, 0) is 17.7 Å². The molecule has 0 amide bonds. The van der Waals surface area contributed by atoms with Crippen LogP contribution in [0, 0.1) is 0 Å². The van der Waals surface area contributed by atoms with E-state index in [1.165, 1.54) is 10.5 Å². The first-order valence-corrected chi connectivity index (χ1v) is 9.11. The molecule has 2 heterocycles. The second-order valence-corrected chi connectivity index (χ2v) is 7.38. The van der Waals surface area contributed by atoms with E-state index in [-0.39, 0.29) is 5.15 Å². The van der Waals surface area contributed by atoms with Crippen molar-refractivity contribution in [3.8, 4) is 0 Å². The molecule has 0 unspecified atom stereocenters. The fraction of sp³-hybridized carbons (Fsp3) is 0.125. The third-order valence-corrected chi connectivity index (χ3v) is 4.54. The fourth-order valence-corrected chi connectivity index (χ4v) is 3.26. The lowest BCUT2D eigenvalue weighted by Gasteiger charge is -2.18. The van der Waals surface area contributed by atoms with Crippen molar-refractivity contribution in [2.45, 2.75) is 6.42 Å². The molecule has 0 atom stereocenters. The minimum atomic E-state index is -3.51. The van der Waals surface area contributed by atoms with Gasteiger partial charge < -0.3 is 0 Å². The first-order valence-electron chi connectivity index (χ1n) is 6.88. The van der Waals surface area contributed by atoms with Gasteiger partial charge >= 0.3 is 0 Å². The topological polar surface area (TPSA) is 62.6 Å². The summed E-state index contributed by atoms with van der Waals surface area (Å²) in [7, 11) is -3.51. The molecule has 1 aliphatic heterocycles. The number of fused-ring (bicyclic) bond motifs is 1. The van der Waals surface area contributed by atoms with Crippen molar-refractivity contribution in [3.63, 3.8) is 0 Å². The Kier molecular flexibility index (Phi) is 4.19. The highest BCUT2D eigenvalue weighted by molar-refractivity contribution is 7.92. The van der Waals surface area contributed by atoms with Crippen molar-refractivity contribution in [2.24, 2.45) is 4.99 Å². The summed E-state index contributed by atoms with van der Waals surface area (Å²) in [5, 5.41) is 0.287. The van der Waals surface area contributed by atoms with Gasteiger partial charge in [0.25, 0.3) is 0 Å². The van der Waals surface area contributed by atoms with Crippen LogP contribution in [0.4, 0.5) is 5.69 Å². The normalized spacial score (nSPS) is 14.2. The van der Waals surface area contributed by atoms with Crippen molar-refractivity contribution in [3.05, 3.63) is 70.8 Å². The highest BCUT2D eigenvalue weighted by Gasteiger charge is 2.22. The van der Waals surface area contributed by atoms with Gasteiger partial charge in [0.2, 0.25) is 10.0 Å². The Hall–Kier alpha value is -2.18. The molecule has 0 saturated heterocycles. The van der Waals surface area contributed by atoms with Crippen LogP contribution in [0.25, 0.3) is 0 Å². The molecule has 1 aromatic heterocycles. The number of hydrogen-bond acceptors (Lipinski definition) is 4. The predicted octanol–water partition coefficient (Wildman–Crippen LogP) is 3.02. The van der Waals surface area contributed by atoms with E-state index >= 15 is 0 Å². The molecule has 23 heavy (non-hydrogen) atoms. The monoisotopic (exact) mass is 347 g/mol. The summed E-state index contributed by atoms with van der Waals surface area (Å²) in [6.45, 7) is 0. The van der Waals surface area contributed by atoms with Crippen LogP contribution in [-0.2, 0) is 16.4 Å². The van der Waals surface area contributed by atoms with Crippen molar-refractivity contribution < 1.29 is 8.42 Å². The summed E-state index contributed by atoms with van der Waals surface area (Å²) in [6, 6.07) is 12.9. The second kappa shape index (κ2) is 6.14. The van der Waals surface area contributed by atoms with Gasteiger partial charge in [0.05, 0.1) is 23.9 Å². The van der Waals surface area contributed by atoms with E-state index in [1.807, 2.05) is 30.3 Å². The van der Waals surface area contributed by atoms with Gasteiger partial charge in [0.15, 0.2) is 0 Å². The van der Waals surface area contributed by atoms with Gasteiger partial charge in [-0.1, -0.05) is 41.9 Å². The Morgan fingerprint density at radius 2 is 1.87 bits per heavy atom. The summed E-state index contributed by atoms with van der Waals surface area (Å²) in [5.74, 6) is 0. The van der Waals surface area contributed by atoms with Crippen LogP contribution in [0.1, 0.15) is 11.3 Å². The Labute approximate surface area is 140 Å². The van der Waals surface area contributed by atoms with Crippen LogP contribution in [-0.4, -0.2) is 25.9 Å². The van der Waals surface area contributed by atoms with Crippen molar-refractivity contribution in [1.29, 1.82) is 0 Å². The quantitative estimate of drug-likeness (QED) is 0.802. The Morgan fingerprint density at radius 1 is 1.13 bits per heavy atom. The van der Waals surface area contributed by atoms with Gasteiger partial charge in [-0.2, -0.15) is 0 Å². The van der Waals surface area contributed by atoms with Gasteiger partial charge in [0, 0.05) is 12.6 Å². The molecule has 0 spiro atoms. The predicted molar refractivity (Wildman–Crippen MR) is 92.4 cm³/mol. The largest absolute Gasteiger partial charge is 0.257 e. The number of aliphatic imine (C=N–C) groups is 1. The molecule has 0 saturated carbocycles. The lowest BCUT2D eigenvalue weighted by molar-refractivity contribution is 0.601. The molecular weight excluding hydrogens is 334 g/mol. The summed E-state index contributed by atoms with van der Waals surface area (Å²) in [6.07, 6.45) is 4.74. The van der Waals surface area contributed by atoms with E-state index in [9.17, 15) is 8.42 Å². The zero-order valence-electron chi connectivity index (χ0n) is 12.3. The second-order valence-electron chi connectivity index (χ2n) is 5.14. The molecule has 0 bridgehead atoms. The van der Waals surface area contributed by atoms with E-state index in [0.29, 0.717) is 23.5 Å². The lowest BCUT2D eigenvalue weighted by Crippen LogP contribution is -2.25. The third kappa shape index (κ3) is 3.60. The van der Waals surface area contributed by atoms with Crippen LogP contribution in [0.5, 0.6) is 0 Å². The number of anilines is 1. The maximum atomic E-state index is 12.1. The highest BCUT2D eigenvalue weighted by atomic mass is 35.5. The smallest absolute Gasteiger partial charge is 0.236 e. The molecule has 1 aliphatic rings. The SMILES string of the molecule is CS(=O)(=O)N1C=C(Cc2ccccc2)N=Cc2nc(Cl)ccc21. The number of benzene rings is 1. The summed E-state index contributed by atoms with van der Waals surface area (Å²) >= 11 is 5.90. The van der Waals surface area contributed by atoms with Crippen LogP contribution in [0.2, 0.25) is 5.15 Å². The molecule has 0 radical (unpaired) electrons. The third-order valence-electron chi connectivity index (χ3n) is 3.31. The zero-order chi connectivity index (χ0) is 16.4. The molecule has 0 N–H and O–H groups in total. The zero-order valence-corrected chi connectivity index (χ0v) is 13.9. The van der Waals surface area contributed by atoms with Crippen LogP contribution in [0.15, 0.2) is 59.4 Å². The van der Waals surface area contributed by atoms with Crippen molar-refractivity contribution in [1.82, 2.24) is 4.98 Å². The number of allylic oxidation sites excluding steroid dienone is 1. The minimum Gasteiger partial charge on any atom is -0.257 e. The van der Waals surface area contributed by atoms with Crippen LogP contribution >= 0.6 is 11.6 Å². The Bertz CT molecular complexity index is 893. The number of halogens is 1. The number of rotatable bonds is 3. The number of sulfonamides is 1. The van der Waals surface area contributed by atoms with E-state index in [1.54, 1.807) is 18.3 Å². The molecule has 2 aromatic rings. The first kappa shape index (κ1) is 15.7. The number of nitrogens with zero attached hydrogens (tertiary/aromatic N) is 3. The molecular formula is C16H14ClN3O2S. The van der Waals surface area contributed by atoms with E-state index < -0.39 is 10.0 Å². The maximum absolute atomic E-state index is 12.1. The fourth-order valence-electron chi connectivity index (χ4n) is 2.28. The molecule has 7 heteroatoms. The summed E-state index contributed by atoms with van der Waals surface area (Å²) < 4.78 is 25.5. The summed E-state index contributed by atoms with van der Waals surface area (Å²) in [4.78, 5) is 8.53. The molecule has 3 rings (SSSR count). The van der Waals surface area contributed by atoms with Crippen molar-refractivity contribution in [2.75, 3.05) is 10.6 Å². The summed E-state index contributed by atoms with van der Waals surface area (Å²) in [5.41, 5.74) is 2.52. The lowest BCUT2D eigenvalue weighted by atomic mass is 10.1. The molecule has 0 fully saturated rings. The average molecular weight is 348 g/mol. The molecule has 118 valence electrons. The standard InChI is InChI=1S/C16H14ClN3O2S/c1-23(21,22)20-11-13(9-12-5-3-2-4-6-12)18-10-14-15(20)7-8-16(17)19-14/h2-8,10-11H,9H2,1H3. The minimum absolute atomic E-state index is 0.287. The van der Waals surface area contributed by atoms with Gasteiger partial charge in [-0.3, -0.25) is 4.99 Å². The number of hydrogen-bond donors (Lipinski definition) is 0. The van der Waals surface area contributed by atoms with E-state index in [2.05, 4.69) is 9.98 Å². The molecule has 0 aliphatic carbocycles. The first-order chi connectivity index (χ1) is 10.9. The Balaban J connectivity index is 2.06. The van der Waals surface area contributed by atoms with Crippen LogP contribution in [0.3, 0.4) is 0 Å².